The molecule has 0 aliphatic rings. The molecule has 0 radical (unpaired) electrons. The molecule has 0 aliphatic heterocycles. The quantitative estimate of drug-likeness (QED) is 0.562. The van der Waals surface area contributed by atoms with Crippen LogP contribution in [0.2, 0.25) is 0 Å². The molecule has 1 aromatic rings. The van der Waals surface area contributed by atoms with E-state index >= 15 is 0 Å². The number of rotatable bonds is 5. The van der Waals surface area contributed by atoms with Gasteiger partial charge in [-0.3, -0.25) is 0 Å². The van der Waals surface area contributed by atoms with Crippen molar-refractivity contribution < 1.29 is 9.53 Å². The molecule has 0 fully saturated rings. The fourth-order valence-electron chi connectivity index (χ4n) is 1.84. The molecule has 0 saturated carbocycles. The highest BCUT2D eigenvalue weighted by Gasteiger charge is 2.14. The Bertz CT molecular complexity index is 439. The molecule has 0 amide bonds. The molecular weight excluding hydrogens is 248 g/mol. The second kappa shape index (κ2) is 8.57. The van der Waals surface area contributed by atoms with Crippen LogP contribution >= 0.6 is 0 Å². The molecule has 1 rings (SSSR count). The van der Waals surface area contributed by atoms with Crippen LogP contribution in [0.1, 0.15) is 57.7 Å². The average Bonchev–Trinajstić information content (AvgIpc) is 2.36. The van der Waals surface area contributed by atoms with Crippen LogP contribution in [0.4, 0.5) is 0 Å². The van der Waals surface area contributed by atoms with Crippen LogP contribution in [0.15, 0.2) is 24.8 Å². The van der Waals surface area contributed by atoms with Crippen molar-refractivity contribution in [2.24, 2.45) is 0 Å². The molecule has 2 heteroatoms. The van der Waals surface area contributed by atoms with Gasteiger partial charge in [-0.15, -0.1) is 0 Å². The second-order valence-corrected chi connectivity index (χ2v) is 5.49. The Hall–Kier alpha value is -1.57. The summed E-state index contributed by atoms with van der Waals surface area (Å²) < 4.78 is 5.77. The van der Waals surface area contributed by atoms with E-state index in [4.69, 9.17) is 4.74 Å². The molecule has 0 N–H and O–H groups in total. The van der Waals surface area contributed by atoms with Crippen molar-refractivity contribution >= 4 is 12.0 Å². The van der Waals surface area contributed by atoms with Crippen molar-refractivity contribution in [3.63, 3.8) is 0 Å². The van der Waals surface area contributed by atoms with Crippen molar-refractivity contribution in [3.05, 3.63) is 41.5 Å². The van der Waals surface area contributed by atoms with Crippen LogP contribution in [0.25, 0.3) is 5.76 Å². The first-order valence-corrected chi connectivity index (χ1v) is 7.25. The first-order valence-electron chi connectivity index (χ1n) is 7.25. The lowest BCUT2D eigenvalue weighted by Crippen LogP contribution is -2.18. The van der Waals surface area contributed by atoms with Gasteiger partial charge in [0.1, 0.15) is 17.6 Å². The Morgan fingerprint density at radius 3 is 2.35 bits per heavy atom. The van der Waals surface area contributed by atoms with Crippen LogP contribution in [-0.4, -0.2) is 11.9 Å². The summed E-state index contributed by atoms with van der Waals surface area (Å²) in [5, 5.41) is 0. The minimum absolute atomic E-state index is 0.236. The zero-order chi connectivity index (χ0) is 15.8. The maximum atomic E-state index is 10.4. The van der Waals surface area contributed by atoms with Gasteiger partial charge in [0.15, 0.2) is 0 Å². The molecule has 0 bridgehead atoms. The summed E-state index contributed by atoms with van der Waals surface area (Å²) in [6.45, 7) is 16.0. The van der Waals surface area contributed by atoms with E-state index in [1.807, 2.05) is 53.7 Å². The smallest absolute Gasteiger partial charge is 0.120 e. The molecule has 1 aromatic carbocycles. The Balaban J connectivity index is 0.00000172. The topological polar surface area (TPSA) is 26.3 Å². The molecule has 2 nitrogen and oxygen atoms in total. The van der Waals surface area contributed by atoms with Gasteiger partial charge in [-0.25, -0.2) is 0 Å². The summed E-state index contributed by atoms with van der Waals surface area (Å²) in [6.07, 6.45) is 2.31. The minimum Gasteiger partial charge on any atom is -0.488 e. The molecule has 20 heavy (non-hydrogen) atoms. The van der Waals surface area contributed by atoms with E-state index in [9.17, 15) is 4.79 Å². The van der Waals surface area contributed by atoms with E-state index in [0.717, 1.165) is 23.8 Å². The van der Waals surface area contributed by atoms with Crippen LogP contribution < -0.4 is 0 Å². The predicted octanol–water partition coefficient (Wildman–Crippen LogP) is 4.94. The van der Waals surface area contributed by atoms with E-state index in [-0.39, 0.29) is 5.60 Å². The van der Waals surface area contributed by atoms with Crippen molar-refractivity contribution in [2.75, 3.05) is 0 Å². The fraction of sp³-hybridized carbons (Fsp3) is 0.500. The maximum Gasteiger partial charge on any atom is 0.120 e. The molecule has 0 saturated heterocycles. The Morgan fingerprint density at radius 2 is 1.90 bits per heavy atom. The summed E-state index contributed by atoms with van der Waals surface area (Å²) >= 11 is 0. The number of ether oxygens (including phenoxy) is 1. The average molecular weight is 276 g/mol. The van der Waals surface area contributed by atoms with Gasteiger partial charge in [0.25, 0.3) is 0 Å². The van der Waals surface area contributed by atoms with Gasteiger partial charge < -0.3 is 9.53 Å². The highest BCUT2D eigenvalue weighted by atomic mass is 16.5. The molecule has 0 aliphatic carbocycles. The highest BCUT2D eigenvalue weighted by Crippen LogP contribution is 2.24. The van der Waals surface area contributed by atoms with Crippen LogP contribution in [0.5, 0.6) is 0 Å². The third-order valence-electron chi connectivity index (χ3n) is 2.57. The Kier molecular flexibility index (Phi) is 7.90. The molecule has 0 atom stereocenters. The number of carbonyl (C=O) groups excluding carboxylic acids is 1. The first-order chi connectivity index (χ1) is 9.33. The predicted molar refractivity (Wildman–Crippen MR) is 86.8 cm³/mol. The third kappa shape index (κ3) is 6.55. The van der Waals surface area contributed by atoms with E-state index in [1.54, 1.807) is 0 Å². The van der Waals surface area contributed by atoms with E-state index in [2.05, 4.69) is 12.6 Å². The van der Waals surface area contributed by atoms with Gasteiger partial charge >= 0.3 is 0 Å². The molecule has 0 spiro atoms. The van der Waals surface area contributed by atoms with Crippen molar-refractivity contribution in [2.45, 2.75) is 60.0 Å². The van der Waals surface area contributed by atoms with E-state index in [1.165, 1.54) is 5.56 Å². The highest BCUT2D eigenvalue weighted by molar-refractivity contribution is 5.61. The van der Waals surface area contributed by atoms with Crippen molar-refractivity contribution in [1.29, 1.82) is 0 Å². The molecule has 0 unspecified atom stereocenters. The fourth-order valence-corrected chi connectivity index (χ4v) is 1.84. The normalized spacial score (nSPS) is 10.3. The summed E-state index contributed by atoms with van der Waals surface area (Å²) in [5.74, 6) is 0.696. The van der Waals surface area contributed by atoms with Gasteiger partial charge in [-0.2, -0.15) is 0 Å². The number of hydrogen-bond acceptors (Lipinski definition) is 2. The zero-order valence-corrected chi connectivity index (χ0v) is 13.7. The summed E-state index contributed by atoms with van der Waals surface area (Å²) in [7, 11) is 0. The van der Waals surface area contributed by atoms with Crippen LogP contribution in [0, 0.1) is 6.92 Å². The molecule has 0 aromatic heterocycles. The Morgan fingerprint density at radius 1 is 1.30 bits per heavy atom. The monoisotopic (exact) mass is 276 g/mol. The lowest BCUT2D eigenvalue weighted by Gasteiger charge is -2.23. The van der Waals surface area contributed by atoms with E-state index < -0.39 is 0 Å². The SMILES string of the molecule is C=C(OC(C)(C)C)c1ccc(CCC=O)cc1C.CC. The van der Waals surface area contributed by atoms with Crippen molar-refractivity contribution in [1.82, 2.24) is 0 Å². The van der Waals surface area contributed by atoms with Gasteiger partial charge in [0.05, 0.1) is 0 Å². The number of aldehydes is 1. The second-order valence-electron chi connectivity index (χ2n) is 5.49. The lowest BCUT2D eigenvalue weighted by molar-refractivity contribution is -0.107. The number of aryl methyl sites for hydroxylation is 2. The van der Waals surface area contributed by atoms with Gasteiger partial charge in [0, 0.05) is 12.0 Å². The standard InChI is InChI=1S/C16H22O2.C2H6/c1-12-11-14(7-6-10-17)8-9-15(12)13(2)18-16(3,4)5;1-2/h8-11H,2,6-7H2,1,3-5H3;1-2H3. The zero-order valence-electron chi connectivity index (χ0n) is 13.7. The largest absolute Gasteiger partial charge is 0.488 e. The number of carbonyl (C=O) groups is 1. The number of benzene rings is 1. The Labute approximate surface area is 123 Å². The van der Waals surface area contributed by atoms with Gasteiger partial charge in [-0.1, -0.05) is 38.6 Å². The third-order valence-corrected chi connectivity index (χ3v) is 2.57. The lowest BCUT2D eigenvalue weighted by atomic mass is 10.0. The van der Waals surface area contributed by atoms with E-state index in [0.29, 0.717) is 12.2 Å². The molecular formula is C18H28O2. The maximum absolute atomic E-state index is 10.4. The molecule has 0 heterocycles. The van der Waals surface area contributed by atoms with Crippen LogP contribution in [-0.2, 0) is 16.0 Å². The minimum atomic E-state index is -0.236. The summed E-state index contributed by atoms with van der Waals surface area (Å²) in [4.78, 5) is 10.4. The van der Waals surface area contributed by atoms with Gasteiger partial charge in [0.2, 0.25) is 0 Å². The molecule has 112 valence electrons. The first kappa shape index (κ1) is 18.4. The van der Waals surface area contributed by atoms with Crippen molar-refractivity contribution in [3.8, 4) is 0 Å². The van der Waals surface area contributed by atoms with Gasteiger partial charge in [-0.05, 0) is 45.2 Å². The number of hydrogen-bond donors (Lipinski definition) is 0. The summed E-state index contributed by atoms with van der Waals surface area (Å²) in [5.41, 5.74) is 3.10. The summed E-state index contributed by atoms with van der Waals surface area (Å²) in [6, 6.07) is 6.14. The van der Waals surface area contributed by atoms with Crippen LogP contribution in [0.3, 0.4) is 0 Å².